The molecule has 29 heavy (non-hydrogen) atoms. The Kier molecular flexibility index (Phi) is 9.82. The van der Waals surface area contributed by atoms with Gasteiger partial charge in [0, 0.05) is 16.7 Å². The number of nitrogens with one attached hydrogen (secondary N) is 3. The normalized spacial score (nSPS) is 13.1. The van der Waals surface area contributed by atoms with Crippen molar-refractivity contribution in [2.24, 2.45) is 5.92 Å². The highest BCUT2D eigenvalue weighted by Gasteiger charge is 2.44. The molecule has 0 aliphatic heterocycles. The molecule has 164 valence electrons. The van der Waals surface area contributed by atoms with Gasteiger partial charge in [-0.3, -0.25) is 9.36 Å². The molecule has 0 fully saturated rings. The largest absolute Gasteiger partial charge is 0.353 e. The average molecular weight is 492 g/mol. The van der Waals surface area contributed by atoms with E-state index in [2.05, 4.69) is 31.9 Å². The van der Waals surface area contributed by atoms with E-state index in [1.54, 1.807) is 38.1 Å². The molecule has 0 saturated heterocycles. The molecule has 0 unspecified atom stereocenters. The van der Waals surface area contributed by atoms with Gasteiger partial charge in [-0.2, -0.15) is 0 Å². The van der Waals surface area contributed by atoms with Crippen LogP contribution in [-0.2, 0) is 9.36 Å². The van der Waals surface area contributed by atoms with Crippen molar-refractivity contribution in [1.29, 1.82) is 0 Å². The van der Waals surface area contributed by atoms with Crippen molar-refractivity contribution in [2.75, 3.05) is 11.9 Å². The zero-order valence-corrected chi connectivity index (χ0v) is 19.7. The van der Waals surface area contributed by atoms with E-state index < -0.39 is 30.7 Å². The molecule has 0 heterocycles. The molecule has 3 amide bonds. The zero-order chi connectivity index (χ0) is 22.2. The molecule has 0 spiro atoms. The Bertz CT molecular complexity index is 732. The summed E-state index contributed by atoms with van der Waals surface area (Å²) in [5, 5.41) is 6.65. The Morgan fingerprint density at radius 3 is 2.14 bits per heavy atom. The molecule has 0 aliphatic rings. The van der Waals surface area contributed by atoms with Crippen LogP contribution in [0.3, 0.4) is 0 Å². The lowest BCUT2D eigenvalue weighted by Crippen LogP contribution is -2.52. The molecule has 8 nitrogen and oxygen atoms in total. The van der Waals surface area contributed by atoms with Crippen molar-refractivity contribution in [3.63, 3.8) is 0 Å². The van der Waals surface area contributed by atoms with E-state index in [0.29, 0.717) is 12.1 Å². The molecular formula is C19H31BrN3O5P. The standard InChI is InChI=1S/C19H31BrN3O5P/c1-5-19(6-2,29(26,27)28)12-21-17(24)16(11-13(3)4)23-18(25)22-15-9-7-14(20)8-10-15/h7-10,13,16H,5-6,11-12H2,1-4H3,(H,21,24)(H2,22,23,25)(H2,26,27,28)/t16-/m0/s1. The predicted octanol–water partition coefficient (Wildman–Crippen LogP) is 3.84. The third kappa shape index (κ3) is 7.74. The highest BCUT2D eigenvalue weighted by molar-refractivity contribution is 9.10. The number of amides is 3. The summed E-state index contributed by atoms with van der Waals surface area (Å²) in [7, 11) is -4.42. The van der Waals surface area contributed by atoms with Crippen LogP contribution in [-0.4, -0.2) is 39.5 Å². The number of benzene rings is 1. The topological polar surface area (TPSA) is 128 Å². The van der Waals surface area contributed by atoms with Gasteiger partial charge in [0.1, 0.15) is 6.04 Å². The molecule has 5 N–H and O–H groups in total. The molecule has 10 heteroatoms. The van der Waals surface area contributed by atoms with Gasteiger partial charge in [-0.15, -0.1) is 0 Å². The fourth-order valence-corrected chi connectivity index (χ4v) is 4.32. The van der Waals surface area contributed by atoms with E-state index in [-0.39, 0.29) is 25.3 Å². The first kappa shape index (κ1) is 25.6. The van der Waals surface area contributed by atoms with Crippen molar-refractivity contribution in [2.45, 2.75) is 58.2 Å². The van der Waals surface area contributed by atoms with Crippen molar-refractivity contribution in [1.82, 2.24) is 10.6 Å². The van der Waals surface area contributed by atoms with Crippen molar-refractivity contribution >= 4 is 41.2 Å². The maximum Gasteiger partial charge on any atom is 0.333 e. The van der Waals surface area contributed by atoms with Gasteiger partial charge in [0.25, 0.3) is 0 Å². The fourth-order valence-electron chi connectivity index (χ4n) is 2.95. The average Bonchev–Trinajstić information content (AvgIpc) is 2.62. The summed E-state index contributed by atoms with van der Waals surface area (Å²) in [5.74, 6) is -0.341. The lowest BCUT2D eigenvalue weighted by atomic mass is 10.0. The van der Waals surface area contributed by atoms with Crippen LogP contribution in [0.4, 0.5) is 10.5 Å². The first-order valence-corrected chi connectivity index (χ1v) is 12.0. The van der Waals surface area contributed by atoms with Crippen molar-refractivity contribution in [3.8, 4) is 0 Å². The number of rotatable bonds is 10. The number of urea groups is 1. The van der Waals surface area contributed by atoms with Crippen molar-refractivity contribution in [3.05, 3.63) is 28.7 Å². The molecule has 1 aromatic carbocycles. The third-order valence-corrected chi connectivity index (χ3v) is 7.51. The van der Waals surface area contributed by atoms with Gasteiger partial charge in [0.2, 0.25) is 5.91 Å². The van der Waals surface area contributed by atoms with E-state index in [0.717, 1.165) is 4.47 Å². The van der Waals surface area contributed by atoms with Crippen LogP contribution in [0, 0.1) is 5.92 Å². The summed E-state index contributed by atoms with van der Waals surface area (Å²) in [4.78, 5) is 44.5. The molecule has 0 bridgehead atoms. The minimum Gasteiger partial charge on any atom is -0.353 e. The van der Waals surface area contributed by atoms with E-state index >= 15 is 0 Å². The molecule has 0 aromatic heterocycles. The summed E-state index contributed by atoms with van der Waals surface area (Å²) in [6, 6.07) is 5.65. The van der Waals surface area contributed by atoms with Gasteiger partial charge in [-0.05, 0) is 49.4 Å². The van der Waals surface area contributed by atoms with Crippen molar-refractivity contribution < 1.29 is 23.9 Å². The second-order valence-electron chi connectivity index (χ2n) is 7.48. The lowest BCUT2D eigenvalue weighted by molar-refractivity contribution is -0.123. The number of hydrogen-bond donors (Lipinski definition) is 5. The Morgan fingerprint density at radius 1 is 1.14 bits per heavy atom. The number of hydrogen-bond acceptors (Lipinski definition) is 3. The van der Waals surface area contributed by atoms with Crippen LogP contribution in [0.2, 0.25) is 0 Å². The maximum absolute atomic E-state index is 12.7. The number of anilines is 1. The number of carbonyl (C=O) groups is 2. The molecule has 1 aromatic rings. The van der Waals surface area contributed by atoms with E-state index in [9.17, 15) is 23.9 Å². The fraction of sp³-hybridized carbons (Fsp3) is 0.579. The Labute approximate surface area is 180 Å². The van der Waals surface area contributed by atoms with E-state index in [1.165, 1.54) is 0 Å². The Morgan fingerprint density at radius 2 is 1.69 bits per heavy atom. The minimum absolute atomic E-state index is 0.127. The summed E-state index contributed by atoms with van der Waals surface area (Å²) < 4.78 is 12.8. The van der Waals surface area contributed by atoms with Gasteiger partial charge in [0.15, 0.2) is 0 Å². The highest BCUT2D eigenvalue weighted by Crippen LogP contribution is 2.54. The molecule has 1 rings (SSSR count). The second kappa shape index (κ2) is 11.1. The minimum atomic E-state index is -4.42. The first-order valence-electron chi connectivity index (χ1n) is 9.60. The maximum atomic E-state index is 12.7. The van der Waals surface area contributed by atoms with Crippen LogP contribution >= 0.6 is 23.5 Å². The Hall–Kier alpha value is -1.41. The summed E-state index contributed by atoms with van der Waals surface area (Å²) in [6.07, 6.45) is 0.835. The lowest BCUT2D eigenvalue weighted by Gasteiger charge is -2.33. The first-order chi connectivity index (χ1) is 13.4. The third-order valence-electron chi connectivity index (χ3n) is 4.96. The molecule has 1 atom stereocenters. The smallest absolute Gasteiger partial charge is 0.333 e. The molecular weight excluding hydrogens is 461 g/mol. The van der Waals surface area contributed by atoms with Gasteiger partial charge in [-0.25, -0.2) is 4.79 Å². The number of carbonyl (C=O) groups excluding carboxylic acids is 2. The predicted molar refractivity (Wildman–Crippen MR) is 118 cm³/mol. The highest BCUT2D eigenvalue weighted by atomic mass is 79.9. The van der Waals surface area contributed by atoms with Crippen LogP contribution in [0.5, 0.6) is 0 Å². The van der Waals surface area contributed by atoms with Crippen LogP contribution < -0.4 is 16.0 Å². The van der Waals surface area contributed by atoms with E-state index in [1.807, 2.05) is 13.8 Å². The summed E-state index contributed by atoms with van der Waals surface area (Å²) in [5.41, 5.74) is 0.576. The molecule has 0 saturated carbocycles. The Balaban J connectivity index is 2.82. The summed E-state index contributed by atoms with van der Waals surface area (Å²) >= 11 is 3.32. The SMILES string of the molecule is CCC(CC)(CNC(=O)[C@H](CC(C)C)NC(=O)Nc1ccc(Br)cc1)P(=O)(O)O. The molecule has 0 radical (unpaired) electrons. The van der Waals surface area contributed by atoms with Gasteiger partial charge >= 0.3 is 13.6 Å². The van der Waals surface area contributed by atoms with Gasteiger partial charge in [0.05, 0.1) is 5.16 Å². The summed E-state index contributed by atoms with van der Waals surface area (Å²) in [6.45, 7) is 7.06. The monoisotopic (exact) mass is 491 g/mol. The zero-order valence-electron chi connectivity index (χ0n) is 17.2. The van der Waals surface area contributed by atoms with Gasteiger partial charge < -0.3 is 25.7 Å². The van der Waals surface area contributed by atoms with Crippen LogP contribution in [0.25, 0.3) is 0 Å². The quantitative estimate of drug-likeness (QED) is 0.317. The van der Waals surface area contributed by atoms with Crippen LogP contribution in [0.1, 0.15) is 47.0 Å². The van der Waals surface area contributed by atoms with Gasteiger partial charge in [-0.1, -0.05) is 43.6 Å². The number of halogens is 1. The molecule has 0 aliphatic carbocycles. The van der Waals surface area contributed by atoms with E-state index in [4.69, 9.17) is 0 Å². The van der Waals surface area contributed by atoms with Crippen LogP contribution in [0.15, 0.2) is 28.7 Å². The second-order valence-corrected chi connectivity index (χ2v) is 10.4.